The first-order valence-corrected chi connectivity index (χ1v) is 6.03. The van der Waals surface area contributed by atoms with Gasteiger partial charge in [-0.3, -0.25) is 0 Å². The van der Waals surface area contributed by atoms with E-state index in [1.165, 1.54) is 11.1 Å². The molecule has 1 aliphatic carbocycles. The zero-order chi connectivity index (χ0) is 10.9. The van der Waals surface area contributed by atoms with E-state index in [1.54, 1.807) is 0 Å². The van der Waals surface area contributed by atoms with Crippen LogP contribution in [0.1, 0.15) is 24.0 Å². The van der Waals surface area contributed by atoms with Gasteiger partial charge in [0.05, 0.1) is 5.60 Å². The maximum atomic E-state index is 10.3. The molecule has 0 heterocycles. The topological polar surface area (TPSA) is 20.2 Å². The number of hydrogen-bond donors (Lipinski definition) is 1. The molecule has 0 fully saturated rings. The molecule has 0 bridgehead atoms. The van der Waals surface area contributed by atoms with Gasteiger partial charge in [0.2, 0.25) is 0 Å². The molecule has 2 rings (SSSR count). The van der Waals surface area contributed by atoms with Crippen LogP contribution in [0.2, 0.25) is 0 Å². The Balaban J connectivity index is 2.27. The van der Waals surface area contributed by atoms with Crippen LogP contribution in [0.5, 0.6) is 0 Å². The zero-order valence-corrected chi connectivity index (χ0v) is 10.3. The van der Waals surface area contributed by atoms with Crippen LogP contribution in [0.15, 0.2) is 35.3 Å². The van der Waals surface area contributed by atoms with Gasteiger partial charge in [-0.05, 0) is 42.5 Å². The fourth-order valence-corrected chi connectivity index (χ4v) is 2.66. The first kappa shape index (κ1) is 10.9. The van der Waals surface area contributed by atoms with E-state index in [0.29, 0.717) is 6.42 Å². The summed E-state index contributed by atoms with van der Waals surface area (Å²) < 4.78 is 1.12. The van der Waals surface area contributed by atoms with Gasteiger partial charge in [0.1, 0.15) is 0 Å². The molecule has 1 atom stereocenters. The third-order valence-corrected chi connectivity index (χ3v) is 3.57. The van der Waals surface area contributed by atoms with Crippen LogP contribution >= 0.6 is 15.9 Å². The van der Waals surface area contributed by atoms with Crippen LogP contribution in [0.25, 0.3) is 0 Å². The van der Waals surface area contributed by atoms with Crippen molar-refractivity contribution >= 4 is 15.9 Å². The second-order valence-corrected chi connectivity index (χ2v) is 5.22. The molecule has 0 spiro atoms. The minimum absolute atomic E-state index is 0.567. The van der Waals surface area contributed by atoms with E-state index in [4.69, 9.17) is 0 Å². The summed E-state index contributed by atoms with van der Waals surface area (Å²) in [4.78, 5) is 0. The quantitative estimate of drug-likeness (QED) is 0.815. The molecule has 1 aromatic rings. The first-order valence-electron chi connectivity index (χ1n) is 5.23. The summed E-state index contributed by atoms with van der Waals surface area (Å²) in [5.41, 5.74) is 2.06. The van der Waals surface area contributed by atoms with Crippen molar-refractivity contribution in [1.82, 2.24) is 0 Å². The predicted octanol–water partition coefficient (Wildman–Crippen LogP) is 3.25. The highest BCUT2D eigenvalue weighted by atomic mass is 79.9. The number of benzene rings is 1. The number of aliphatic hydroxyl groups is 1. The highest BCUT2D eigenvalue weighted by Gasteiger charge is 2.30. The lowest BCUT2D eigenvalue weighted by Gasteiger charge is -2.32. The van der Waals surface area contributed by atoms with Gasteiger partial charge in [0, 0.05) is 10.9 Å². The van der Waals surface area contributed by atoms with E-state index in [-0.39, 0.29) is 0 Å². The van der Waals surface area contributed by atoms with Gasteiger partial charge in [-0.15, -0.1) is 6.58 Å². The summed E-state index contributed by atoms with van der Waals surface area (Å²) in [7, 11) is 0. The van der Waals surface area contributed by atoms with E-state index < -0.39 is 5.60 Å². The molecule has 1 N–H and O–H groups in total. The van der Waals surface area contributed by atoms with E-state index in [0.717, 1.165) is 23.7 Å². The Morgan fingerprint density at radius 2 is 2.27 bits per heavy atom. The van der Waals surface area contributed by atoms with Gasteiger partial charge in [-0.25, -0.2) is 0 Å². The largest absolute Gasteiger partial charge is 0.389 e. The van der Waals surface area contributed by atoms with Crippen molar-refractivity contribution in [2.24, 2.45) is 0 Å². The number of halogens is 1. The predicted molar refractivity (Wildman–Crippen MR) is 65.9 cm³/mol. The molecule has 0 radical (unpaired) electrons. The molecule has 1 aliphatic rings. The Bertz CT molecular complexity index is 386. The van der Waals surface area contributed by atoms with Gasteiger partial charge in [-0.2, -0.15) is 0 Å². The number of fused-ring (bicyclic) bond motifs is 1. The maximum absolute atomic E-state index is 10.3. The van der Waals surface area contributed by atoms with Gasteiger partial charge in [0.25, 0.3) is 0 Å². The van der Waals surface area contributed by atoms with Crippen LogP contribution in [-0.2, 0) is 12.8 Å². The number of rotatable bonds is 2. The molecule has 1 aromatic carbocycles. The molecule has 0 aromatic heterocycles. The van der Waals surface area contributed by atoms with E-state index in [1.807, 2.05) is 12.1 Å². The van der Waals surface area contributed by atoms with Crippen LogP contribution < -0.4 is 0 Å². The van der Waals surface area contributed by atoms with Gasteiger partial charge >= 0.3 is 0 Å². The highest BCUT2D eigenvalue weighted by Crippen LogP contribution is 2.32. The Kier molecular flexibility index (Phi) is 2.98. The lowest BCUT2D eigenvalue weighted by Crippen LogP contribution is -2.35. The summed E-state index contributed by atoms with van der Waals surface area (Å²) >= 11 is 3.47. The van der Waals surface area contributed by atoms with E-state index in [9.17, 15) is 5.11 Å². The standard InChI is InChI=1S/C13H15BrO/c1-2-6-13(15)7-5-10-8-12(14)4-3-11(10)9-13/h2-4,8,15H,1,5-7,9H2. The fourth-order valence-electron chi connectivity index (χ4n) is 2.25. The van der Waals surface area contributed by atoms with E-state index in [2.05, 4.69) is 34.6 Å². The molecular weight excluding hydrogens is 252 g/mol. The molecule has 1 nitrogen and oxygen atoms in total. The number of aryl methyl sites for hydroxylation is 1. The fraction of sp³-hybridized carbons (Fsp3) is 0.385. The Morgan fingerprint density at radius 1 is 1.47 bits per heavy atom. The van der Waals surface area contributed by atoms with Gasteiger partial charge in [-0.1, -0.05) is 28.1 Å². The van der Waals surface area contributed by atoms with Gasteiger partial charge < -0.3 is 5.11 Å². The molecule has 1 unspecified atom stereocenters. The Labute approximate surface area is 99.0 Å². The van der Waals surface area contributed by atoms with Gasteiger partial charge in [0.15, 0.2) is 0 Å². The van der Waals surface area contributed by atoms with E-state index >= 15 is 0 Å². The van der Waals surface area contributed by atoms with Crippen molar-refractivity contribution in [1.29, 1.82) is 0 Å². The van der Waals surface area contributed by atoms with Crippen LogP contribution in [0, 0.1) is 0 Å². The monoisotopic (exact) mass is 266 g/mol. The smallest absolute Gasteiger partial charge is 0.0725 e. The van der Waals surface area contributed by atoms with Crippen molar-refractivity contribution in [3.63, 3.8) is 0 Å². The van der Waals surface area contributed by atoms with Crippen molar-refractivity contribution in [3.05, 3.63) is 46.5 Å². The zero-order valence-electron chi connectivity index (χ0n) is 8.67. The summed E-state index contributed by atoms with van der Waals surface area (Å²) in [5, 5.41) is 10.3. The third-order valence-electron chi connectivity index (χ3n) is 3.07. The minimum Gasteiger partial charge on any atom is -0.389 e. The van der Waals surface area contributed by atoms with Crippen molar-refractivity contribution in [2.45, 2.75) is 31.3 Å². The van der Waals surface area contributed by atoms with Crippen molar-refractivity contribution in [2.75, 3.05) is 0 Å². The molecule has 0 amide bonds. The lowest BCUT2D eigenvalue weighted by atomic mass is 9.79. The second kappa shape index (κ2) is 4.11. The summed E-state index contributed by atoms with van der Waals surface area (Å²) in [6.45, 7) is 3.70. The average molecular weight is 267 g/mol. The van der Waals surface area contributed by atoms with Crippen LogP contribution in [0.3, 0.4) is 0 Å². The molecule has 0 aliphatic heterocycles. The molecule has 2 heteroatoms. The van der Waals surface area contributed by atoms with Crippen LogP contribution in [-0.4, -0.2) is 10.7 Å². The SMILES string of the molecule is C=CCC1(O)CCc2cc(Br)ccc2C1. The Morgan fingerprint density at radius 3 is 3.00 bits per heavy atom. The van der Waals surface area contributed by atoms with Crippen LogP contribution in [0.4, 0.5) is 0 Å². The summed E-state index contributed by atoms with van der Waals surface area (Å²) in [6, 6.07) is 6.30. The minimum atomic E-state index is -0.567. The number of hydrogen-bond acceptors (Lipinski definition) is 1. The maximum Gasteiger partial charge on any atom is 0.0725 e. The average Bonchev–Trinajstić information content (AvgIpc) is 2.19. The van der Waals surface area contributed by atoms with Crippen molar-refractivity contribution < 1.29 is 5.11 Å². The van der Waals surface area contributed by atoms with Crippen molar-refractivity contribution in [3.8, 4) is 0 Å². The lowest BCUT2D eigenvalue weighted by molar-refractivity contribution is 0.0294. The highest BCUT2D eigenvalue weighted by molar-refractivity contribution is 9.10. The Hall–Kier alpha value is -0.600. The molecule has 0 saturated heterocycles. The second-order valence-electron chi connectivity index (χ2n) is 4.31. The first-order chi connectivity index (χ1) is 7.13. The molecular formula is C13H15BrO. The summed E-state index contributed by atoms with van der Waals surface area (Å²) in [6.07, 6.45) is 5.04. The molecule has 15 heavy (non-hydrogen) atoms. The third kappa shape index (κ3) is 2.32. The molecule has 80 valence electrons. The molecule has 0 saturated carbocycles. The summed E-state index contributed by atoms with van der Waals surface area (Å²) in [5.74, 6) is 0. The normalized spacial score (nSPS) is 24.7.